The molecule has 1 saturated heterocycles. The van der Waals surface area contributed by atoms with E-state index < -0.39 is 11.4 Å². The molecule has 82 valence electrons. The normalized spacial score (nSPS) is 32.0. The van der Waals surface area contributed by atoms with Crippen LogP contribution < -0.4 is 11.1 Å². The van der Waals surface area contributed by atoms with Crippen molar-refractivity contribution in [3.63, 3.8) is 0 Å². The molecule has 0 radical (unpaired) electrons. The van der Waals surface area contributed by atoms with Crippen molar-refractivity contribution in [3.05, 3.63) is 0 Å². The third kappa shape index (κ3) is 1.28. The molecule has 6 heteroatoms. The van der Waals surface area contributed by atoms with Crippen molar-refractivity contribution in [2.75, 3.05) is 13.1 Å². The van der Waals surface area contributed by atoms with Crippen LogP contribution in [0, 0.1) is 5.92 Å². The fourth-order valence-corrected chi connectivity index (χ4v) is 2.48. The summed E-state index contributed by atoms with van der Waals surface area (Å²) in [5.74, 6) is -0.430. The van der Waals surface area contributed by atoms with E-state index in [1.165, 1.54) is 4.90 Å². The van der Waals surface area contributed by atoms with Crippen LogP contribution in [0.5, 0.6) is 0 Å². The first-order valence-corrected chi connectivity index (χ1v) is 4.90. The molecule has 0 aromatic rings. The summed E-state index contributed by atoms with van der Waals surface area (Å²) in [7, 11) is 0. The first kappa shape index (κ1) is 9.95. The van der Waals surface area contributed by atoms with E-state index in [0.29, 0.717) is 19.4 Å². The quantitative estimate of drug-likeness (QED) is 0.538. The van der Waals surface area contributed by atoms with Crippen LogP contribution in [-0.2, 0) is 14.4 Å². The first-order chi connectivity index (χ1) is 7.13. The highest BCUT2D eigenvalue weighted by molar-refractivity contribution is 5.95. The molecule has 1 heterocycles. The van der Waals surface area contributed by atoms with E-state index in [9.17, 15) is 14.4 Å². The molecular weight excluding hydrogens is 198 g/mol. The van der Waals surface area contributed by atoms with Crippen LogP contribution in [0.25, 0.3) is 0 Å². The summed E-state index contributed by atoms with van der Waals surface area (Å²) in [4.78, 5) is 34.5. The summed E-state index contributed by atoms with van der Waals surface area (Å²) in [5.41, 5.74) is 4.57. The van der Waals surface area contributed by atoms with Crippen LogP contribution in [0.15, 0.2) is 0 Å². The minimum absolute atomic E-state index is 0.0642. The van der Waals surface area contributed by atoms with Crippen molar-refractivity contribution < 1.29 is 14.4 Å². The number of hydrogen-bond donors (Lipinski definition) is 2. The zero-order chi connectivity index (χ0) is 11.1. The van der Waals surface area contributed by atoms with Crippen LogP contribution >= 0.6 is 0 Å². The van der Waals surface area contributed by atoms with E-state index in [1.807, 2.05) is 0 Å². The number of piperidine rings is 1. The third-order valence-corrected chi connectivity index (χ3v) is 3.32. The summed E-state index contributed by atoms with van der Waals surface area (Å²) in [6, 6.07) is 0. The van der Waals surface area contributed by atoms with Crippen LogP contribution in [-0.4, -0.2) is 41.8 Å². The largest absolute Gasteiger partial charge is 0.368 e. The Balaban J connectivity index is 2.06. The molecule has 3 amide bonds. The summed E-state index contributed by atoms with van der Waals surface area (Å²) in [5, 5.41) is 2.30. The molecule has 1 aliphatic heterocycles. The Morgan fingerprint density at radius 2 is 2.33 bits per heavy atom. The Morgan fingerprint density at radius 3 is 2.87 bits per heavy atom. The molecule has 2 atom stereocenters. The van der Waals surface area contributed by atoms with Gasteiger partial charge in [0.1, 0.15) is 5.54 Å². The maximum Gasteiger partial charge on any atom is 0.243 e. The number of hydrogen-bond acceptors (Lipinski definition) is 3. The van der Waals surface area contributed by atoms with Gasteiger partial charge in [-0.1, -0.05) is 0 Å². The minimum Gasteiger partial charge on any atom is -0.368 e. The summed E-state index contributed by atoms with van der Waals surface area (Å²) >= 11 is 0. The van der Waals surface area contributed by atoms with E-state index in [0.717, 1.165) is 6.42 Å². The van der Waals surface area contributed by atoms with Crippen LogP contribution in [0.2, 0.25) is 0 Å². The molecule has 1 aliphatic carbocycles. The molecule has 6 nitrogen and oxygen atoms in total. The fourth-order valence-electron chi connectivity index (χ4n) is 2.48. The van der Waals surface area contributed by atoms with Crippen molar-refractivity contribution in [2.45, 2.75) is 18.4 Å². The van der Waals surface area contributed by atoms with Crippen molar-refractivity contribution >= 4 is 18.2 Å². The zero-order valence-electron chi connectivity index (χ0n) is 8.23. The summed E-state index contributed by atoms with van der Waals surface area (Å²) < 4.78 is 0. The maximum atomic E-state index is 11.6. The molecule has 3 N–H and O–H groups in total. The van der Waals surface area contributed by atoms with E-state index in [4.69, 9.17) is 5.73 Å². The van der Waals surface area contributed by atoms with E-state index in [-0.39, 0.29) is 18.4 Å². The second kappa shape index (κ2) is 3.22. The SMILES string of the molecule is NC(=O)C12CC1CCN2C(=O)CNC=O. The molecule has 0 bridgehead atoms. The van der Waals surface area contributed by atoms with Crippen molar-refractivity contribution in [1.29, 1.82) is 0 Å². The highest BCUT2D eigenvalue weighted by Crippen LogP contribution is 2.55. The van der Waals surface area contributed by atoms with E-state index in [1.54, 1.807) is 0 Å². The van der Waals surface area contributed by atoms with Gasteiger partial charge in [-0.05, 0) is 18.8 Å². The number of nitrogens with zero attached hydrogens (tertiary/aromatic N) is 1. The van der Waals surface area contributed by atoms with Crippen molar-refractivity contribution in [2.24, 2.45) is 11.7 Å². The Hall–Kier alpha value is -1.59. The Bertz CT molecular complexity index is 331. The van der Waals surface area contributed by atoms with Gasteiger partial charge in [0.2, 0.25) is 18.2 Å². The summed E-state index contributed by atoms with van der Waals surface area (Å²) in [6.45, 7) is 0.498. The lowest BCUT2D eigenvalue weighted by molar-refractivity contribution is -0.139. The molecule has 2 unspecified atom stereocenters. The van der Waals surface area contributed by atoms with Crippen LogP contribution in [0.1, 0.15) is 12.8 Å². The Labute approximate surface area is 86.8 Å². The molecule has 2 fully saturated rings. The van der Waals surface area contributed by atoms with Gasteiger partial charge >= 0.3 is 0 Å². The van der Waals surface area contributed by atoms with Gasteiger partial charge in [0.05, 0.1) is 6.54 Å². The topological polar surface area (TPSA) is 92.5 Å². The third-order valence-electron chi connectivity index (χ3n) is 3.32. The number of rotatable bonds is 4. The first-order valence-electron chi connectivity index (χ1n) is 4.90. The standard InChI is InChI=1S/C9H13N3O3/c10-8(15)9-3-6(9)1-2-12(9)7(14)4-11-5-13/h5-6H,1-4H2,(H2,10,15)(H,11,13). The second-order valence-electron chi connectivity index (χ2n) is 4.02. The van der Waals surface area contributed by atoms with Crippen molar-refractivity contribution in [1.82, 2.24) is 10.2 Å². The van der Waals surface area contributed by atoms with Gasteiger partial charge in [-0.3, -0.25) is 14.4 Å². The zero-order valence-corrected chi connectivity index (χ0v) is 8.23. The number of likely N-dealkylation sites (tertiary alicyclic amines) is 1. The van der Waals surface area contributed by atoms with Gasteiger partial charge in [0, 0.05) is 6.54 Å². The number of amides is 3. The molecular formula is C9H13N3O3. The molecule has 0 aromatic heterocycles. The molecule has 15 heavy (non-hydrogen) atoms. The molecule has 2 rings (SSSR count). The van der Waals surface area contributed by atoms with E-state index >= 15 is 0 Å². The number of primary amides is 1. The average Bonchev–Trinajstić information content (AvgIpc) is 2.83. The minimum atomic E-state index is -0.734. The number of nitrogens with one attached hydrogen (secondary N) is 1. The molecule has 1 saturated carbocycles. The van der Waals surface area contributed by atoms with Gasteiger partial charge in [0.15, 0.2) is 0 Å². The number of fused-ring (bicyclic) bond motifs is 1. The molecule has 0 aromatic carbocycles. The molecule has 0 spiro atoms. The van der Waals surface area contributed by atoms with Crippen molar-refractivity contribution in [3.8, 4) is 0 Å². The maximum absolute atomic E-state index is 11.6. The molecule has 2 aliphatic rings. The average molecular weight is 211 g/mol. The smallest absolute Gasteiger partial charge is 0.243 e. The van der Waals surface area contributed by atoms with Gasteiger partial charge in [-0.2, -0.15) is 0 Å². The lowest BCUT2D eigenvalue weighted by Crippen LogP contribution is -2.50. The Morgan fingerprint density at radius 1 is 1.60 bits per heavy atom. The van der Waals surface area contributed by atoms with Gasteiger partial charge < -0.3 is 16.0 Å². The van der Waals surface area contributed by atoms with Crippen LogP contribution in [0.3, 0.4) is 0 Å². The number of nitrogens with two attached hydrogens (primary N) is 1. The number of carbonyl (C=O) groups is 3. The fraction of sp³-hybridized carbons (Fsp3) is 0.667. The van der Waals surface area contributed by atoms with Crippen LogP contribution in [0.4, 0.5) is 0 Å². The number of carbonyl (C=O) groups excluding carboxylic acids is 3. The lowest BCUT2D eigenvalue weighted by Gasteiger charge is -2.25. The summed E-state index contributed by atoms with van der Waals surface area (Å²) in [6.07, 6.45) is 1.97. The van der Waals surface area contributed by atoms with Gasteiger partial charge in [-0.15, -0.1) is 0 Å². The second-order valence-corrected chi connectivity index (χ2v) is 4.02. The monoisotopic (exact) mass is 211 g/mol. The van der Waals surface area contributed by atoms with E-state index in [2.05, 4.69) is 5.32 Å². The predicted octanol–water partition coefficient (Wildman–Crippen LogP) is -1.79. The Kier molecular flexibility index (Phi) is 2.13. The van der Waals surface area contributed by atoms with Gasteiger partial charge in [-0.25, -0.2) is 0 Å². The van der Waals surface area contributed by atoms with Gasteiger partial charge in [0.25, 0.3) is 0 Å². The lowest BCUT2D eigenvalue weighted by atomic mass is 10.2. The highest BCUT2D eigenvalue weighted by Gasteiger charge is 2.67. The predicted molar refractivity (Wildman–Crippen MR) is 50.4 cm³/mol. The highest BCUT2D eigenvalue weighted by atomic mass is 16.2.